The fraction of sp³-hybridized carbons (Fsp3) is 0.500. The monoisotopic (exact) mass is 286 g/mol. The Morgan fingerprint density at radius 3 is 2.55 bits per heavy atom. The van der Waals surface area contributed by atoms with Crippen molar-refractivity contribution in [2.45, 2.75) is 32.2 Å². The largest absolute Gasteiger partial charge is 0.481 e. The lowest BCUT2D eigenvalue weighted by Gasteiger charge is -2.26. The lowest BCUT2D eigenvalue weighted by atomic mass is 9.94. The van der Waals surface area contributed by atoms with Gasteiger partial charge in [0.05, 0.1) is 0 Å². The van der Waals surface area contributed by atoms with Gasteiger partial charge in [-0.3, -0.25) is 4.79 Å². The van der Waals surface area contributed by atoms with Crippen molar-refractivity contribution in [3.8, 4) is 5.75 Å². The summed E-state index contributed by atoms with van der Waals surface area (Å²) in [5.41, 5.74) is 5.59. The van der Waals surface area contributed by atoms with Crippen molar-refractivity contribution >= 4 is 5.91 Å². The summed E-state index contributed by atoms with van der Waals surface area (Å²) in [5, 5.41) is 2.64. The third-order valence-corrected chi connectivity index (χ3v) is 3.30. The molecule has 112 valence electrons. The summed E-state index contributed by atoms with van der Waals surface area (Å²) in [7, 11) is 0. The predicted molar refractivity (Wildman–Crippen MR) is 72.4 cm³/mol. The van der Waals surface area contributed by atoms with E-state index in [9.17, 15) is 13.6 Å². The van der Waals surface area contributed by atoms with Crippen molar-refractivity contribution < 1.29 is 18.3 Å². The van der Waals surface area contributed by atoms with Crippen LogP contribution in [0.15, 0.2) is 18.2 Å². The number of halogens is 2. The fourth-order valence-electron chi connectivity index (χ4n) is 1.56. The van der Waals surface area contributed by atoms with Gasteiger partial charge < -0.3 is 15.8 Å². The Labute approximate surface area is 117 Å². The number of ether oxygens (including phenoxy) is 1. The molecule has 3 N–H and O–H groups in total. The first kappa shape index (κ1) is 16.4. The molecule has 1 aromatic rings. The third-order valence-electron chi connectivity index (χ3n) is 3.30. The minimum atomic E-state index is -0.840. The van der Waals surface area contributed by atoms with Crippen LogP contribution in [-0.4, -0.2) is 24.6 Å². The first-order chi connectivity index (χ1) is 9.40. The molecular weight excluding hydrogens is 266 g/mol. The Morgan fingerprint density at radius 1 is 1.35 bits per heavy atom. The van der Waals surface area contributed by atoms with E-state index in [2.05, 4.69) is 5.32 Å². The van der Waals surface area contributed by atoms with Gasteiger partial charge in [-0.25, -0.2) is 8.78 Å². The molecule has 6 heteroatoms. The number of nitrogens with two attached hydrogens (primary N) is 1. The quantitative estimate of drug-likeness (QED) is 0.805. The maximum Gasteiger partial charge on any atom is 0.258 e. The third kappa shape index (κ3) is 4.77. The second kappa shape index (κ2) is 7.19. The number of rotatable bonds is 7. The van der Waals surface area contributed by atoms with E-state index in [4.69, 9.17) is 10.5 Å². The Hall–Kier alpha value is -1.69. The van der Waals surface area contributed by atoms with Crippen molar-refractivity contribution in [2.75, 3.05) is 13.2 Å². The second-order valence-corrected chi connectivity index (χ2v) is 4.71. The van der Waals surface area contributed by atoms with Crippen molar-refractivity contribution in [3.05, 3.63) is 29.8 Å². The van der Waals surface area contributed by atoms with Crippen LogP contribution in [0.3, 0.4) is 0 Å². The van der Waals surface area contributed by atoms with Gasteiger partial charge in [-0.15, -0.1) is 0 Å². The van der Waals surface area contributed by atoms with Crippen molar-refractivity contribution in [1.82, 2.24) is 5.32 Å². The molecule has 20 heavy (non-hydrogen) atoms. The topological polar surface area (TPSA) is 64.3 Å². The molecule has 0 radical (unpaired) electrons. The highest BCUT2D eigenvalue weighted by atomic mass is 19.1. The molecule has 0 heterocycles. The van der Waals surface area contributed by atoms with Crippen LogP contribution in [0.2, 0.25) is 0 Å². The van der Waals surface area contributed by atoms with Crippen LogP contribution in [-0.2, 0) is 4.79 Å². The average molecular weight is 286 g/mol. The van der Waals surface area contributed by atoms with Crippen LogP contribution >= 0.6 is 0 Å². The van der Waals surface area contributed by atoms with E-state index in [1.54, 1.807) is 0 Å². The number of hydrogen-bond acceptors (Lipinski definition) is 3. The minimum absolute atomic E-state index is 0.161. The van der Waals surface area contributed by atoms with E-state index >= 15 is 0 Å². The molecule has 1 amide bonds. The van der Waals surface area contributed by atoms with Gasteiger partial charge in [0.2, 0.25) is 0 Å². The molecule has 4 nitrogen and oxygen atoms in total. The van der Waals surface area contributed by atoms with E-state index in [0.29, 0.717) is 12.6 Å². The SMILES string of the molecule is CCC(N)(CC)CNC(=O)COc1ccc(F)cc1F. The standard InChI is InChI=1S/C14H20F2N2O2/c1-3-14(17,4-2)9-18-13(19)8-20-12-6-5-10(15)7-11(12)16/h5-7H,3-4,8-9,17H2,1-2H3,(H,18,19). The summed E-state index contributed by atoms with van der Waals surface area (Å²) in [5.74, 6) is -2.09. The van der Waals surface area contributed by atoms with Crippen LogP contribution in [0.1, 0.15) is 26.7 Å². The number of nitrogens with one attached hydrogen (secondary N) is 1. The van der Waals surface area contributed by atoms with Gasteiger partial charge in [-0.2, -0.15) is 0 Å². The molecule has 0 saturated heterocycles. The Morgan fingerprint density at radius 2 is 2.00 bits per heavy atom. The van der Waals surface area contributed by atoms with Crippen LogP contribution in [0.25, 0.3) is 0 Å². The van der Waals surface area contributed by atoms with Crippen molar-refractivity contribution in [1.29, 1.82) is 0 Å². The summed E-state index contributed by atoms with van der Waals surface area (Å²) in [6, 6.07) is 2.91. The highest BCUT2D eigenvalue weighted by Crippen LogP contribution is 2.17. The smallest absolute Gasteiger partial charge is 0.258 e. The van der Waals surface area contributed by atoms with E-state index in [0.717, 1.165) is 25.0 Å². The fourth-order valence-corrected chi connectivity index (χ4v) is 1.56. The van der Waals surface area contributed by atoms with Crippen LogP contribution in [0.4, 0.5) is 8.78 Å². The molecule has 0 fully saturated rings. The van der Waals surface area contributed by atoms with Gasteiger partial charge in [0, 0.05) is 18.2 Å². The predicted octanol–water partition coefficient (Wildman–Crippen LogP) is 1.98. The molecule has 1 aromatic carbocycles. The van der Waals surface area contributed by atoms with Gasteiger partial charge in [-0.1, -0.05) is 13.8 Å². The first-order valence-corrected chi connectivity index (χ1v) is 6.53. The number of hydrogen-bond donors (Lipinski definition) is 2. The number of carbonyl (C=O) groups is 1. The second-order valence-electron chi connectivity index (χ2n) is 4.71. The van der Waals surface area contributed by atoms with Crippen LogP contribution < -0.4 is 15.8 Å². The summed E-state index contributed by atoms with van der Waals surface area (Å²) in [4.78, 5) is 11.6. The Bertz CT molecular complexity index is 462. The van der Waals surface area contributed by atoms with E-state index < -0.39 is 23.1 Å². The molecule has 1 rings (SSSR count). The summed E-state index contributed by atoms with van der Waals surface area (Å²) in [6.45, 7) is 3.88. The van der Waals surface area contributed by atoms with E-state index in [-0.39, 0.29) is 12.4 Å². The van der Waals surface area contributed by atoms with Crippen molar-refractivity contribution in [3.63, 3.8) is 0 Å². The molecule has 0 aliphatic heterocycles. The van der Waals surface area contributed by atoms with Gasteiger partial charge in [0.15, 0.2) is 18.2 Å². The number of carbonyl (C=O) groups excluding carboxylic acids is 1. The maximum absolute atomic E-state index is 13.3. The molecule has 0 aromatic heterocycles. The highest BCUT2D eigenvalue weighted by Gasteiger charge is 2.21. The van der Waals surface area contributed by atoms with Gasteiger partial charge in [0.1, 0.15) is 5.82 Å². The minimum Gasteiger partial charge on any atom is -0.481 e. The van der Waals surface area contributed by atoms with Crippen LogP contribution in [0, 0.1) is 11.6 Å². The highest BCUT2D eigenvalue weighted by molar-refractivity contribution is 5.77. The molecule has 0 bridgehead atoms. The van der Waals surface area contributed by atoms with Gasteiger partial charge >= 0.3 is 0 Å². The lowest BCUT2D eigenvalue weighted by molar-refractivity contribution is -0.123. The van der Waals surface area contributed by atoms with Gasteiger partial charge in [0.25, 0.3) is 5.91 Å². The molecule has 0 aliphatic rings. The van der Waals surface area contributed by atoms with E-state index in [1.165, 1.54) is 0 Å². The summed E-state index contributed by atoms with van der Waals surface area (Å²) in [6.07, 6.45) is 1.47. The summed E-state index contributed by atoms with van der Waals surface area (Å²) >= 11 is 0. The molecule has 0 aliphatic carbocycles. The Balaban J connectivity index is 2.44. The first-order valence-electron chi connectivity index (χ1n) is 6.53. The lowest BCUT2D eigenvalue weighted by Crippen LogP contribution is -2.50. The van der Waals surface area contributed by atoms with E-state index in [1.807, 2.05) is 13.8 Å². The average Bonchev–Trinajstić information content (AvgIpc) is 2.44. The zero-order valence-corrected chi connectivity index (χ0v) is 11.7. The normalized spacial score (nSPS) is 11.2. The number of benzene rings is 1. The zero-order chi connectivity index (χ0) is 15.2. The Kier molecular flexibility index (Phi) is 5.88. The number of amides is 1. The van der Waals surface area contributed by atoms with Gasteiger partial charge in [-0.05, 0) is 25.0 Å². The molecule has 0 spiro atoms. The molecule has 0 unspecified atom stereocenters. The molecular formula is C14H20F2N2O2. The van der Waals surface area contributed by atoms with Crippen molar-refractivity contribution in [2.24, 2.45) is 5.73 Å². The zero-order valence-electron chi connectivity index (χ0n) is 11.7. The maximum atomic E-state index is 13.3. The molecule has 0 atom stereocenters. The van der Waals surface area contributed by atoms with Crippen LogP contribution in [0.5, 0.6) is 5.75 Å². The molecule has 0 saturated carbocycles. The summed E-state index contributed by atoms with van der Waals surface area (Å²) < 4.78 is 30.9.